The van der Waals surface area contributed by atoms with Gasteiger partial charge < -0.3 is 14.4 Å². The molecule has 0 saturated carbocycles. The number of likely N-dealkylation sites (tertiary alicyclic amines) is 1. The summed E-state index contributed by atoms with van der Waals surface area (Å²) in [6, 6.07) is 8.48. The first-order valence-corrected chi connectivity index (χ1v) is 10.9. The first-order valence-electron chi connectivity index (χ1n) is 10.5. The predicted molar refractivity (Wildman–Crippen MR) is 118 cm³/mol. The van der Waals surface area contributed by atoms with Crippen molar-refractivity contribution in [3.05, 3.63) is 70.0 Å². The van der Waals surface area contributed by atoms with Gasteiger partial charge in [-0.1, -0.05) is 29.8 Å². The molecule has 4 rings (SSSR count). The highest BCUT2D eigenvalue weighted by Crippen LogP contribution is 2.44. The minimum Gasteiger partial charge on any atom is -0.444 e. The van der Waals surface area contributed by atoms with Gasteiger partial charge in [-0.05, 0) is 50.1 Å². The van der Waals surface area contributed by atoms with Gasteiger partial charge in [0.2, 0.25) is 0 Å². The Labute approximate surface area is 199 Å². The van der Waals surface area contributed by atoms with Crippen LogP contribution in [0.3, 0.4) is 0 Å². The van der Waals surface area contributed by atoms with Crippen molar-refractivity contribution in [2.24, 2.45) is 0 Å². The number of benzene rings is 1. The van der Waals surface area contributed by atoms with Crippen LogP contribution < -0.4 is 0 Å². The molecule has 1 aromatic heterocycles. The maximum absolute atomic E-state index is 13.6. The average molecular weight is 495 g/mol. The lowest BCUT2D eigenvalue weighted by Crippen LogP contribution is -2.61. The summed E-state index contributed by atoms with van der Waals surface area (Å²) in [7, 11) is 0. The van der Waals surface area contributed by atoms with E-state index >= 15 is 0 Å². The molecule has 1 amide bonds. The zero-order valence-corrected chi connectivity index (χ0v) is 19.5. The Bertz CT molecular complexity index is 1180. The average Bonchev–Trinajstić information content (AvgIpc) is 3.07. The van der Waals surface area contributed by atoms with Gasteiger partial charge in [-0.25, -0.2) is 9.78 Å². The molecular weight excluding hydrogens is 473 g/mol. The van der Waals surface area contributed by atoms with Gasteiger partial charge in [0.05, 0.1) is 31.0 Å². The Hall–Kier alpha value is -2.91. The fourth-order valence-electron chi connectivity index (χ4n) is 3.97. The number of alkyl halides is 3. The fraction of sp³-hybridized carbons (Fsp3) is 0.375. The number of hydrogen-bond acceptors (Lipinski definition) is 5. The van der Waals surface area contributed by atoms with Crippen LogP contribution in [0.1, 0.15) is 48.0 Å². The van der Waals surface area contributed by atoms with Crippen LogP contribution in [-0.4, -0.2) is 46.6 Å². The second kappa shape index (κ2) is 8.39. The number of hydrogen-bond donors (Lipinski definition) is 0. The summed E-state index contributed by atoms with van der Waals surface area (Å²) in [5, 5.41) is -0.110. The largest absolute Gasteiger partial charge is 0.444 e. The lowest BCUT2D eigenvalue weighted by atomic mass is 9.84. The van der Waals surface area contributed by atoms with Gasteiger partial charge in [0.15, 0.2) is 5.78 Å². The number of ether oxygens (including phenoxy) is 2. The molecule has 0 N–H and O–H groups in total. The molecule has 6 nitrogen and oxygen atoms in total. The minimum atomic E-state index is -4.80. The number of allylic oxidation sites excluding steroid dienone is 2. The summed E-state index contributed by atoms with van der Waals surface area (Å²) in [4.78, 5) is 30.2. The van der Waals surface area contributed by atoms with Crippen molar-refractivity contribution in [1.29, 1.82) is 0 Å². The number of pyridine rings is 1. The summed E-state index contributed by atoms with van der Waals surface area (Å²) in [5.74, 6) is -0.818. The molecule has 34 heavy (non-hydrogen) atoms. The number of halogens is 4. The Kier molecular flexibility index (Phi) is 5.98. The van der Waals surface area contributed by atoms with Crippen LogP contribution in [0.4, 0.5) is 18.0 Å². The maximum atomic E-state index is 13.6. The topological polar surface area (TPSA) is 68.7 Å². The lowest BCUT2D eigenvalue weighted by Gasteiger charge is -2.47. The molecule has 0 atom stereocenters. The van der Waals surface area contributed by atoms with Gasteiger partial charge in [-0.2, -0.15) is 13.2 Å². The summed E-state index contributed by atoms with van der Waals surface area (Å²) >= 11 is 5.73. The molecule has 1 spiro atoms. The molecule has 2 aromatic rings. The predicted octanol–water partition coefficient (Wildman–Crippen LogP) is 5.54. The van der Waals surface area contributed by atoms with Crippen LogP contribution >= 0.6 is 11.6 Å². The smallest absolute Gasteiger partial charge is 0.418 e. The van der Waals surface area contributed by atoms with Gasteiger partial charge in [0, 0.05) is 11.6 Å². The van der Waals surface area contributed by atoms with E-state index in [-0.39, 0.29) is 17.3 Å². The van der Waals surface area contributed by atoms with Gasteiger partial charge in [0.1, 0.15) is 16.4 Å². The number of ketones is 1. The van der Waals surface area contributed by atoms with E-state index in [1.54, 1.807) is 26.8 Å². The molecule has 0 unspecified atom stereocenters. The molecule has 180 valence electrons. The number of carbonyl (C=O) groups excluding carboxylic acids is 2. The normalized spacial score (nSPS) is 17.4. The summed E-state index contributed by atoms with van der Waals surface area (Å²) in [6.07, 6.45) is -4.71. The van der Waals surface area contributed by atoms with Crippen LogP contribution in [0.25, 0.3) is 5.57 Å². The van der Waals surface area contributed by atoms with E-state index in [9.17, 15) is 22.8 Å². The van der Waals surface area contributed by atoms with Gasteiger partial charge >= 0.3 is 12.3 Å². The highest BCUT2D eigenvalue weighted by molar-refractivity contribution is 6.29. The standard InChI is InChI=1S/C24H22ClF3N2O4/c1-22(2,3)34-21(32)30-12-23(13-30)16-8-7-14(9-15(16)11-33-23)19(31)10-17(24(26,27)28)18-5-4-6-20(25)29-18/h4-10H,11-13H2,1-3H3/b17-10-. The summed E-state index contributed by atoms with van der Waals surface area (Å²) < 4.78 is 52.2. The second-order valence-corrected chi connectivity index (χ2v) is 9.64. The molecule has 3 heterocycles. The minimum absolute atomic E-state index is 0.0894. The first-order chi connectivity index (χ1) is 15.8. The SMILES string of the molecule is CC(C)(C)OC(=O)N1CC2(C1)OCc1cc(C(=O)/C=C(/c3cccc(Cl)n3)C(F)(F)F)ccc12. The van der Waals surface area contributed by atoms with Crippen molar-refractivity contribution < 1.29 is 32.2 Å². The third-order valence-electron chi connectivity index (χ3n) is 5.50. The third-order valence-corrected chi connectivity index (χ3v) is 5.71. The van der Waals surface area contributed by atoms with Crippen molar-refractivity contribution in [1.82, 2.24) is 9.88 Å². The van der Waals surface area contributed by atoms with E-state index < -0.39 is 40.5 Å². The van der Waals surface area contributed by atoms with Crippen molar-refractivity contribution in [2.75, 3.05) is 13.1 Å². The van der Waals surface area contributed by atoms with E-state index in [0.29, 0.717) is 24.7 Å². The Morgan fingerprint density at radius 3 is 2.50 bits per heavy atom. The van der Waals surface area contributed by atoms with E-state index in [0.717, 1.165) is 11.6 Å². The van der Waals surface area contributed by atoms with E-state index in [1.807, 2.05) is 0 Å². The number of nitrogens with zero attached hydrogens (tertiary/aromatic N) is 2. The van der Waals surface area contributed by atoms with Crippen LogP contribution in [0, 0.1) is 0 Å². The van der Waals surface area contributed by atoms with Crippen molar-refractivity contribution in [2.45, 2.75) is 44.8 Å². The second-order valence-electron chi connectivity index (χ2n) is 9.26. The molecule has 1 fully saturated rings. The van der Waals surface area contributed by atoms with E-state index in [2.05, 4.69) is 4.98 Å². The van der Waals surface area contributed by atoms with Crippen LogP contribution in [-0.2, 0) is 21.7 Å². The van der Waals surface area contributed by atoms with Crippen LogP contribution in [0.15, 0.2) is 42.5 Å². The zero-order valence-electron chi connectivity index (χ0n) is 18.7. The number of aromatic nitrogens is 1. The molecule has 2 aliphatic rings. The summed E-state index contributed by atoms with van der Waals surface area (Å²) in [6.45, 7) is 6.11. The number of amides is 1. The zero-order chi connectivity index (χ0) is 24.9. The third kappa shape index (κ3) is 4.81. The monoisotopic (exact) mass is 494 g/mol. The Morgan fingerprint density at radius 2 is 1.88 bits per heavy atom. The fourth-order valence-corrected chi connectivity index (χ4v) is 4.13. The molecule has 0 radical (unpaired) electrons. The quantitative estimate of drug-likeness (QED) is 0.318. The van der Waals surface area contributed by atoms with E-state index in [1.165, 1.54) is 29.2 Å². The molecule has 1 aromatic carbocycles. The van der Waals surface area contributed by atoms with Crippen LogP contribution in [0.5, 0.6) is 0 Å². The van der Waals surface area contributed by atoms with Crippen molar-refractivity contribution in [3.8, 4) is 0 Å². The van der Waals surface area contributed by atoms with Crippen LogP contribution in [0.2, 0.25) is 5.15 Å². The first kappa shape index (κ1) is 24.2. The number of fused-ring (bicyclic) bond motifs is 2. The molecule has 10 heteroatoms. The molecular formula is C24H22ClF3N2O4. The van der Waals surface area contributed by atoms with Gasteiger partial charge in [0.25, 0.3) is 0 Å². The number of carbonyl (C=O) groups is 2. The van der Waals surface area contributed by atoms with Gasteiger partial charge in [-0.3, -0.25) is 4.79 Å². The Balaban J connectivity index is 1.55. The van der Waals surface area contributed by atoms with Gasteiger partial charge in [-0.15, -0.1) is 0 Å². The number of rotatable bonds is 3. The van der Waals surface area contributed by atoms with Crippen molar-refractivity contribution in [3.63, 3.8) is 0 Å². The molecule has 1 saturated heterocycles. The molecule has 2 aliphatic heterocycles. The Morgan fingerprint density at radius 1 is 1.18 bits per heavy atom. The molecule has 0 bridgehead atoms. The highest BCUT2D eigenvalue weighted by atomic mass is 35.5. The maximum Gasteiger partial charge on any atom is 0.418 e. The van der Waals surface area contributed by atoms with Crippen molar-refractivity contribution >= 4 is 29.1 Å². The lowest BCUT2D eigenvalue weighted by molar-refractivity contribution is -0.137. The molecule has 0 aliphatic carbocycles. The summed E-state index contributed by atoms with van der Waals surface area (Å²) in [5.41, 5.74) is -1.35. The van der Waals surface area contributed by atoms with E-state index in [4.69, 9.17) is 21.1 Å². The highest BCUT2D eigenvalue weighted by Gasteiger charge is 2.52.